The predicted octanol–water partition coefficient (Wildman–Crippen LogP) is 3.27. The summed E-state index contributed by atoms with van der Waals surface area (Å²) in [6.07, 6.45) is 0.919. The third-order valence-electron chi connectivity index (χ3n) is 3.99. The number of nitrogens with two attached hydrogens (primary N) is 1. The number of hydrogen-bond donors (Lipinski definition) is 1. The predicted molar refractivity (Wildman–Crippen MR) is 92.6 cm³/mol. The molecule has 3 nitrogen and oxygen atoms in total. The van der Waals surface area contributed by atoms with Gasteiger partial charge >= 0.3 is 5.63 Å². The molecule has 3 aromatic rings. The van der Waals surface area contributed by atoms with Crippen LogP contribution in [0.1, 0.15) is 23.6 Å². The molecule has 23 heavy (non-hydrogen) atoms. The normalized spacial score (nSPS) is 11.0. The van der Waals surface area contributed by atoms with Crippen LogP contribution in [0.25, 0.3) is 11.0 Å². The Bertz CT molecular complexity index is 886. The molecule has 3 rings (SSSR count). The quantitative estimate of drug-likeness (QED) is 0.731. The summed E-state index contributed by atoms with van der Waals surface area (Å²) in [5.41, 5.74) is 3.61. The van der Waals surface area contributed by atoms with Crippen LogP contribution in [-0.2, 0) is 19.5 Å². The van der Waals surface area contributed by atoms with Crippen LogP contribution in [0.4, 0.5) is 0 Å². The fourth-order valence-electron chi connectivity index (χ4n) is 2.71. The van der Waals surface area contributed by atoms with Crippen LogP contribution >= 0.6 is 11.6 Å². The van der Waals surface area contributed by atoms with Gasteiger partial charge in [-0.25, -0.2) is 4.79 Å². The van der Waals surface area contributed by atoms with Crippen molar-refractivity contribution in [1.82, 2.24) is 0 Å². The first-order chi connectivity index (χ1) is 11.2. The molecule has 0 unspecified atom stereocenters. The Labute approximate surface area is 139 Å². The van der Waals surface area contributed by atoms with Crippen molar-refractivity contribution in [3.05, 3.63) is 80.7 Å². The maximum atomic E-state index is 11.8. The molecule has 0 aliphatic rings. The molecule has 1 heterocycles. The van der Waals surface area contributed by atoms with Crippen LogP contribution in [0.15, 0.2) is 57.7 Å². The number of rotatable bonds is 5. The highest BCUT2D eigenvalue weighted by molar-refractivity contribution is 6.31. The summed E-state index contributed by atoms with van der Waals surface area (Å²) in [5.74, 6) is 0. The molecule has 0 bridgehead atoms. The van der Waals surface area contributed by atoms with Crippen LogP contribution in [-0.4, -0.2) is 0 Å². The van der Waals surface area contributed by atoms with E-state index in [1.807, 2.05) is 36.4 Å². The van der Waals surface area contributed by atoms with Gasteiger partial charge in [0.2, 0.25) is 0 Å². The highest BCUT2D eigenvalue weighted by atomic mass is 35.5. The van der Waals surface area contributed by atoms with E-state index in [2.05, 4.69) is 18.3 Å². The second-order valence-corrected chi connectivity index (χ2v) is 5.97. The molecule has 0 atom stereocenters. The van der Waals surface area contributed by atoms with Crippen LogP contribution in [0, 0.1) is 0 Å². The van der Waals surface area contributed by atoms with Crippen molar-refractivity contribution < 1.29 is 9.73 Å². The summed E-state index contributed by atoms with van der Waals surface area (Å²) in [7, 11) is 0. The lowest BCUT2D eigenvalue weighted by Gasteiger charge is -2.07. The number of halogens is 1. The Morgan fingerprint density at radius 2 is 1.83 bits per heavy atom. The second-order valence-electron chi connectivity index (χ2n) is 5.56. The molecule has 0 spiro atoms. The molecular weight excluding hydrogens is 310 g/mol. The van der Waals surface area contributed by atoms with Crippen molar-refractivity contribution in [3.63, 3.8) is 0 Å². The van der Waals surface area contributed by atoms with E-state index in [1.165, 1.54) is 0 Å². The molecule has 0 saturated carbocycles. The average molecular weight is 329 g/mol. The van der Waals surface area contributed by atoms with E-state index in [-0.39, 0.29) is 5.63 Å². The Kier molecular flexibility index (Phi) is 4.79. The molecule has 0 aliphatic heterocycles. The highest BCUT2D eigenvalue weighted by Gasteiger charge is 2.08. The van der Waals surface area contributed by atoms with Gasteiger partial charge in [-0.15, -0.1) is 0 Å². The summed E-state index contributed by atoms with van der Waals surface area (Å²) in [6, 6.07) is 15.5. The van der Waals surface area contributed by atoms with Crippen molar-refractivity contribution in [2.24, 2.45) is 0 Å². The molecule has 2 N–H and O–H groups in total. The summed E-state index contributed by atoms with van der Waals surface area (Å²) in [5, 5.41) is 3.91. The molecule has 0 saturated heterocycles. The van der Waals surface area contributed by atoms with E-state index < -0.39 is 0 Å². The van der Waals surface area contributed by atoms with Crippen LogP contribution < -0.4 is 10.9 Å². The van der Waals surface area contributed by atoms with Gasteiger partial charge in [0.25, 0.3) is 0 Å². The molecule has 0 radical (unpaired) electrons. The van der Waals surface area contributed by atoms with Gasteiger partial charge in [0.15, 0.2) is 0 Å². The number of benzene rings is 2. The highest BCUT2D eigenvalue weighted by Crippen LogP contribution is 2.18. The van der Waals surface area contributed by atoms with Crippen molar-refractivity contribution in [3.8, 4) is 0 Å². The number of aryl methyl sites for hydroxylation is 1. The van der Waals surface area contributed by atoms with E-state index in [4.69, 9.17) is 16.0 Å². The van der Waals surface area contributed by atoms with E-state index >= 15 is 0 Å². The maximum Gasteiger partial charge on any atom is 0.336 e. The van der Waals surface area contributed by atoms with Gasteiger partial charge in [0.1, 0.15) is 18.7 Å². The van der Waals surface area contributed by atoms with Gasteiger partial charge in [0, 0.05) is 27.6 Å². The van der Waals surface area contributed by atoms with Crippen molar-refractivity contribution >= 4 is 22.6 Å². The Hall–Kier alpha value is -2.10. The molecule has 1 aromatic heterocycles. The first-order valence-electron chi connectivity index (χ1n) is 7.78. The minimum Gasteiger partial charge on any atom is -0.423 e. The van der Waals surface area contributed by atoms with E-state index in [1.54, 1.807) is 6.07 Å². The number of fused-ring (bicyclic) bond motifs is 1. The smallest absolute Gasteiger partial charge is 0.336 e. The Balaban J connectivity index is 1.82. The fourth-order valence-corrected chi connectivity index (χ4v) is 2.92. The summed E-state index contributed by atoms with van der Waals surface area (Å²) in [4.78, 5) is 11.8. The lowest BCUT2D eigenvalue weighted by atomic mass is 10.1. The molecular formula is C19H19ClNO2+. The summed E-state index contributed by atoms with van der Waals surface area (Å²) < 4.78 is 5.34. The van der Waals surface area contributed by atoms with Crippen LogP contribution in [0.2, 0.25) is 5.02 Å². The average Bonchev–Trinajstić information content (AvgIpc) is 2.55. The Morgan fingerprint density at radius 3 is 2.61 bits per heavy atom. The van der Waals surface area contributed by atoms with Gasteiger partial charge in [-0.05, 0) is 24.1 Å². The van der Waals surface area contributed by atoms with Gasteiger partial charge in [-0.3, -0.25) is 0 Å². The van der Waals surface area contributed by atoms with Gasteiger partial charge < -0.3 is 9.73 Å². The molecule has 2 aromatic carbocycles. The molecule has 4 heteroatoms. The van der Waals surface area contributed by atoms with E-state index in [0.717, 1.165) is 40.1 Å². The van der Waals surface area contributed by atoms with Gasteiger partial charge in [0.05, 0.1) is 0 Å². The largest absolute Gasteiger partial charge is 0.423 e. The molecule has 0 aliphatic carbocycles. The first-order valence-corrected chi connectivity index (χ1v) is 8.16. The topological polar surface area (TPSA) is 46.8 Å². The second kappa shape index (κ2) is 6.99. The first kappa shape index (κ1) is 15.8. The van der Waals surface area contributed by atoms with Crippen molar-refractivity contribution in [1.29, 1.82) is 0 Å². The molecule has 0 fully saturated rings. The van der Waals surface area contributed by atoms with E-state index in [0.29, 0.717) is 12.1 Å². The third kappa shape index (κ3) is 3.63. The molecule has 0 amide bonds. The summed E-state index contributed by atoms with van der Waals surface area (Å²) >= 11 is 6.17. The lowest BCUT2D eigenvalue weighted by molar-refractivity contribution is -0.686. The number of hydrogen-bond acceptors (Lipinski definition) is 2. The van der Waals surface area contributed by atoms with Crippen LogP contribution in [0.5, 0.6) is 0 Å². The zero-order chi connectivity index (χ0) is 16.2. The third-order valence-corrected chi connectivity index (χ3v) is 4.36. The standard InChI is InChI=1S/C19H18ClNO2/c1-2-13-7-8-16-15(10-19(22)23-18(16)9-13)12-21-11-14-5-3-4-6-17(14)20/h3-10,21H,2,11-12H2,1H3/p+1. The van der Waals surface area contributed by atoms with Gasteiger partial charge in [-0.1, -0.05) is 48.9 Å². The van der Waals surface area contributed by atoms with Gasteiger partial charge in [-0.2, -0.15) is 0 Å². The minimum atomic E-state index is -0.299. The monoisotopic (exact) mass is 328 g/mol. The van der Waals surface area contributed by atoms with Crippen molar-refractivity contribution in [2.45, 2.75) is 26.4 Å². The SMILES string of the molecule is CCc1ccc2c(C[NH2+]Cc3ccccc3Cl)cc(=O)oc2c1. The number of quaternary nitrogens is 1. The minimum absolute atomic E-state index is 0.299. The fraction of sp³-hybridized carbons (Fsp3) is 0.211. The maximum absolute atomic E-state index is 11.8. The molecule has 118 valence electrons. The zero-order valence-electron chi connectivity index (χ0n) is 13.0. The lowest BCUT2D eigenvalue weighted by Crippen LogP contribution is -2.80. The summed E-state index contributed by atoms with van der Waals surface area (Å²) in [6.45, 7) is 3.56. The zero-order valence-corrected chi connectivity index (χ0v) is 13.8. The van der Waals surface area contributed by atoms with E-state index in [9.17, 15) is 4.79 Å². The van der Waals surface area contributed by atoms with Crippen molar-refractivity contribution in [2.75, 3.05) is 0 Å². The van der Waals surface area contributed by atoms with Crippen LogP contribution in [0.3, 0.4) is 0 Å². The Morgan fingerprint density at radius 1 is 1.04 bits per heavy atom.